The number of nitrogens with zero attached hydrogens (tertiary/aromatic N) is 3. The van der Waals surface area contributed by atoms with Gasteiger partial charge in [0, 0.05) is 30.5 Å². The fourth-order valence-electron chi connectivity index (χ4n) is 3.43. The van der Waals surface area contributed by atoms with Crippen molar-refractivity contribution in [2.75, 3.05) is 19.9 Å². The highest BCUT2D eigenvalue weighted by atomic mass is 31.1. The summed E-state index contributed by atoms with van der Waals surface area (Å²) < 4.78 is 36.5. The quantitative estimate of drug-likeness (QED) is 0.106. The van der Waals surface area contributed by atoms with E-state index in [1.165, 1.54) is 13.2 Å². The zero-order chi connectivity index (χ0) is 25.6. The van der Waals surface area contributed by atoms with E-state index in [2.05, 4.69) is 5.10 Å². The zero-order valence-electron chi connectivity index (χ0n) is 20.8. The van der Waals surface area contributed by atoms with Crippen molar-refractivity contribution in [3.05, 3.63) is 58.4 Å². The van der Waals surface area contributed by atoms with Crippen LogP contribution in [0.5, 0.6) is 5.75 Å². The van der Waals surface area contributed by atoms with Crippen LogP contribution in [0.1, 0.15) is 39.7 Å². The molecule has 1 aromatic carbocycles. The molecule has 0 amide bonds. The van der Waals surface area contributed by atoms with Crippen LogP contribution < -0.4 is 10.2 Å². The van der Waals surface area contributed by atoms with E-state index in [0.29, 0.717) is 32.2 Å². The topological polar surface area (TPSA) is 115 Å². The Morgan fingerprint density at radius 2 is 1.94 bits per heavy atom. The van der Waals surface area contributed by atoms with Gasteiger partial charge in [-0.3, -0.25) is 14.8 Å². The van der Waals surface area contributed by atoms with Crippen molar-refractivity contribution in [1.82, 2.24) is 9.78 Å². The molecular weight excluding hydrogens is 472 g/mol. The molecule has 188 valence electrons. The van der Waals surface area contributed by atoms with Crippen molar-refractivity contribution in [1.29, 1.82) is 0 Å². The lowest BCUT2D eigenvalue weighted by Crippen LogP contribution is -2.41. The number of methoxy groups -OCH3 is 1. The van der Waals surface area contributed by atoms with Crippen molar-refractivity contribution < 1.29 is 28.1 Å². The van der Waals surface area contributed by atoms with Crippen LogP contribution in [-0.2, 0) is 31.4 Å². The summed E-state index contributed by atoms with van der Waals surface area (Å²) >= 11 is 0. The van der Waals surface area contributed by atoms with E-state index >= 15 is 0 Å². The maximum atomic E-state index is 12.1. The molecule has 2 aromatic rings. The van der Waals surface area contributed by atoms with Gasteiger partial charge in [0.15, 0.2) is 11.9 Å². The molecule has 1 atom stereocenters. The second kappa shape index (κ2) is 11.4. The first-order valence-electron chi connectivity index (χ1n) is 11.4. The highest BCUT2D eigenvalue weighted by Gasteiger charge is 2.52. The minimum Gasteiger partial charge on any atom is -0.490 e. The summed E-state index contributed by atoms with van der Waals surface area (Å²) in [5.74, 6) is 0.218. The summed E-state index contributed by atoms with van der Waals surface area (Å²) in [5.41, 5.74) is 0.853. The molecule has 12 heteroatoms. The lowest BCUT2D eigenvalue weighted by Gasteiger charge is -2.32. The Hall–Kier alpha value is -2.59. The lowest BCUT2D eigenvalue weighted by molar-refractivity contribution is -0.385. The van der Waals surface area contributed by atoms with Crippen LogP contribution in [0.15, 0.2) is 42.7 Å². The predicted octanol–water partition coefficient (Wildman–Crippen LogP) is 4.05. The molecule has 1 saturated heterocycles. The van der Waals surface area contributed by atoms with Crippen LogP contribution in [0, 0.1) is 10.1 Å². The van der Waals surface area contributed by atoms with E-state index in [1.54, 1.807) is 29.1 Å². The van der Waals surface area contributed by atoms with Gasteiger partial charge in [0.25, 0.3) is 0 Å². The first-order valence-corrected chi connectivity index (χ1v) is 12.8. The Morgan fingerprint density at radius 1 is 1.23 bits per heavy atom. The van der Waals surface area contributed by atoms with Crippen molar-refractivity contribution in [3.8, 4) is 5.75 Å². The number of hydrogen-bond donors (Lipinski definition) is 0. The van der Waals surface area contributed by atoms with E-state index in [1.807, 2.05) is 40.0 Å². The molecule has 0 bridgehead atoms. The normalized spacial score (nSPS) is 17.2. The Kier molecular flexibility index (Phi) is 8.82. The highest BCUT2D eigenvalue weighted by Crippen LogP contribution is 2.36. The van der Waals surface area contributed by atoms with Crippen LogP contribution in [0.3, 0.4) is 0 Å². The van der Waals surface area contributed by atoms with Gasteiger partial charge in [-0.15, -0.1) is 4.52 Å². The van der Waals surface area contributed by atoms with Gasteiger partial charge >= 0.3 is 20.8 Å². The number of nitro benzene ring substituents is 1. The third kappa shape index (κ3) is 6.98. The van der Waals surface area contributed by atoms with Crippen molar-refractivity contribution in [3.63, 3.8) is 0 Å². The lowest BCUT2D eigenvalue weighted by atomic mass is 9.82. The van der Waals surface area contributed by atoms with Crippen LogP contribution in [0.4, 0.5) is 5.69 Å². The summed E-state index contributed by atoms with van der Waals surface area (Å²) in [7, 11) is -0.857. The Labute approximate surface area is 206 Å². The number of allylic oxidation sites excluding steroid dienone is 2. The van der Waals surface area contributed by atoms with Crippen LogP contribution >= 0.6 is 8.03 Å². The van der Waals surface area contributed by atoms with Gasteiger partial charge in [-0.1, -0.05) is 12.1 Å². The molecule has 3 rings (SSSR count). The van der Waals surface area contributed by atoms with E-state index in [0.717, 1.165) is 11.0 Å². The summed E-state index contributed by atoms with van der Waals surface area (Å²) in [5, 5.41) is 15.3. The molecule has 1 unspecified atom stereocenters. The predicted molar refractivity (Wildman–Crippen MR) is 133 cm³/mol. The fraction of sp³-hybridized carbons (Fsp3) is 0.522. The van der Waals surface area contributed by atoms with E-state index in [9.17, 15) is 14.7 Å². The molecule has 1 aliphatic rings. The van der Waals surface area contributed by atoms with Crippen LogP contribution in [0.25, 0.3) is 0 Å². The molecule has 1 aromatic heterocycles. The van der Waals surface area contributed by atoms with Crippen LogP contribution in [-0.4, -0.2) is 52.9 Å². The molecule has 35 heavy (non-hydrogen) atoms. The van der Waals surface area contributed by atoms with Gasteiger partial charge in [-0.05, 0) is 62.8 Å². The van der Waals surface area contributed by atoms with Gasteiger partial charge < -0.3 is 14.0 Å². The number of aryl methyl sites for hydroxylation is 1. The average Bonchev–Trinajstić information content (AvgIpc) is 3.35. The molecule has 0 radical (unpaired) electrons. The third-order valence-corrected chi connectivity index (χ3v) is 7.14. The molecule has 2 heterocycles. The maximum Gasteiger partial charge on any atom is 0.512 e. The number of rotatable bonds is 12. The van der Waals surface area contributed by atoms with Gasteiger partial charge in [0.1, 0.15) is 6.61 Å². The van der Waals surface area contributed by atoms with E-state index in [-0.39, 0.29) is 11.4 Å². The molecule has 0 aliphatic carbocycles. The number of hydrogen-bond acceptors (Lipinski definition) is 8. The van der Waals surface area contributed by atoms with E-state index in [4.69, 9.17) is 18.6 Å². The summed E-state index contributed by atoms with van der Waals surface area (Å²) in [6.45, 7) is 9.03. The molecule has 1 fully saturated rings. The monoisotopic (exact) mass is 504 g/mol. The number of benzene rings is 1. The minimum atomic E-state index is -1.81. The Balaban J connectivity index is 1.36. The zero-order valence-corrected chi connectivity index (χ0v) is 21.7. The van der Waals surface area contributed by atoms with Crippen molar-refractivity contribution in [2.45, 2.75) is 58.3 Å². The summed E-state index contributed by atoms with van der Waals surface area (Å²) in [6, 6.07) is 4.73. The maximum absolute atomic E-state index is 12.1. The van der Waals surface area contributed by atoms with Crippen molar-refractivity contribution >= 4 is 26.3 Å². The minimum absolute atomic E-state index is 0.0730. The fourth-order valence-corrected chi connectivity index (χ4v) is 4.19. The molecule has 0 N–H and O–H groups in total. The first kappa shape index (κ1) is 27.0. The number of ether oxygens (including phenoxy) is 1. The molecule has 0 saturated carbocycles. The van der Waals surface area contributed by atoms with Gasteiger partial charge in [0.05, 0.1) is 23.2 Å². The molecule has 10 nitrogen and oxygen atoms in total. The average molecular weight is 504 g/mol. The van der Waals surface area contributed by atoms with Crippen molar-refractivity contribution in [2.24, 2.45) is 0 Å². The number of nitro groups is 1. The standard InChI is InChI=1S/C23H32BN3O7P/c1-22(2)23(3,4)34-24(33-22)19-16-25-26(17-19)12-8-13-32-35(30)14-7-6-9-18-10-11-20(27(28)29)21(15-18)31-5/h6-7,10-11,15-17H,8-9,12-14H2,1-5H3/q+1. The molecule has 0 spiro atoms. The third-order valence-electron chi connectivity index (χ3n) is 6.16. The van der Waals surface area contributed by atoms with Gasteiger partial charge in [-0.2, -0.15) is 5.10 Å². The second-order valence-electron chi connectivity index (χ2n) is 9.27. The SMILES string of the molecule is COc1cc(CC=CC[P+](=O)OCCCn2cc(B3OC(C)(C)C(C)(C)O3)cn2)ccc1[N+](=O)[O-]. The molecular formula is C23H32BN3O7P+. The Morgan fingerprint density at radius 3 is 2.60 bits per heavy atom. The second-order valence-corrected chi connectivity index (χ2v) is 10.6. The highest BCUT2D eigenvalue weighted by molar-refractivity contribution is 7.39. The van der Waals surface area contributed by atoms with Gasteiger partial charge in [-0.25, -0.2) is 0 Å². The molecule has 1 aliphatic heterocycles. The smallest absolute Gasteiger partial charge is 0.490 e. The van der Waals surface area contributed by atoms with Gasteiger partial charge in [0.2, 0.25) is 0 Å². The number of aromatic nitrogens is 2. The van der Waals surface area contributed by atoms with E-state index < -0.39 is 31.3 Å². The summed E-state index contributed by atoms with van der Waals surface area (Å²) in [6.07, 6.45) is 8.80. The largest absolute Gasteiger partial charge is 0.512 e. The first-order chi connectivity index (χ1) is 16.5. The Bertz CT molecular complexity index is 1070. The summed E-state index contributed by atoms with van der Waals surface area (Å²) in [4.78, 5) is 10.5. The van der Waals surface area contributed by atoms with Crippen LogP contribution in [0.2, 0.25) is 0 Å².